The van der Waals surface area contributed by atoms with E-state index in [1.807, 2.05) is 60.7 Å². The topological polar surface area (TPSA) is 72.2 Å². The maximum Gasteiger partial charge on any atom is 0.225 e. The van der Waals surface area contributed by atoms with E-state index < -0.39 is 5.91 Å². The molecule has 2 amide bonds. The number of primary amides is 1. The third-order valence-electron chi connectivity index (χ3n) is 3.21. The minimum absolute atomic E-state index is 0.128. The van der Waals surface area contributed by atoms with E-state index in [1.165, 1.54) is 0 Å². The standard InChI is InChI=1S/C17H18N2O2/c18-16(20)11-14(13-7-3-1-4-8-13)12-17(21)19-15-9-5-2-6-10-15/h1-10,14H,11-12H2,(H2,18,20)(H,19,21). The van der Waals surface area contributed by atoms with Crippen molar-refractivity contribution in [2.75, 3.05) is 5.32 Å². The van der Waals surface area contributed by atoms with Gasteiger partial charge in [-0.25, -0.2) is 0 Å². The van der Waals surface area contributed by atoms with Crippen molar-refractivity contribution >= 4 is 17.5 Å². The first-order chi connectivity index (χ1) is 10.1. The van der Waals surface area contributed by atoms with Crippen molar-refractivity contribution in [1.82, 2.24) is 0 Å². The Hall–Kier alpha value is -2.62. The number of carbonyl (C=O) groups is 2. The van der Waals surface area contributed by atoms with Crippen LogP contribution in [0.15, 0.2) is 60.7 Å². The van der Waals surface area contributed by atoms with Gasteiger partial charge in [-0.05, 0) is 17.7 Å². The lowest BCUT2D eigenvalue weighted by atomic mass is 9.92. The first kappa shape index (κ1) is 14.8. The van der Waals surface area contributed by atoms with Gasteiger partial charge in [0.25, 0.3) is 0 Å². The Labute approximate surface area is 124 Å². The number of hydrogen-bond acceptors (Lipinski definition) is 2. The Morgan fingerprint density at radius 2 is 1.48 bits per heavy atom. The second-order valence-electron chi connectivity index (χ2n) is 4.90. The quantitative estimate of drug-likeness (QED) is 0.855. The van der Waals surface area contributed by atoms with Crippen molar-refractivity contribution in [3.05, 3.63) is 66.2 Å². The number of amides is 2. The maximum absolute atomic E-state index is 12.1. The van der Waals surface area contributed by atoms with E-state index in [2.05, 4.69) is 5.32 Å². The molecular weight excluding hydrogens is 264 g/mol. The fourth-order valence-corrected chi connectivity index (χ4v) is 2.23. The lowest BCUT2D eigenvalue weighted by Crippen LogP contribution is -2.20. The summed E-state index contributed by atoms with van der Waals surface area (Å²) in [5.41, 5.74) is 6.98. The molecule has 4 heteroatoms. The van der Waals surface area contributed by atoms with E-state index in [0.717, 1.165) is 11.3 Å². The Bertz CT molecular complexity index is 597. The van der Waals surface area contributed by atoms with Crippen LogP contribution in [0.1, 0.15) is 24.3 Å². The molecular formula is C17H18N2O2. The van der Waals surface area contributed by atoms with Crippen molar-refractivity contribution in [2.24, 2.45) is 5.73 Å². The summed E-state index contributed by atoms with van der Waals surface area (Å²) in [6, 6.07) is 18.7. The van der Waals surface area contributed by atoms with E-state index in [9.17, 15) is 9.59 Å². The molecule has 2 aromatic rings. The normalized spacial score (nSPS) is 11.6. The number of anilines is 1. The minimum Gasteiger partial charge on any atom is -0.370 e. The smallest absolute Gasteiger partial charge is 0.225 e. The summed E-state index contributed by atoms with van der Waals surface area (Å²) < 4.78 is 0. The highest BCUT2D eigenvalue weighted by molar-refractivity contribution is 5.91. The van der Waals surface area contributed by atoms with E-state index in [-0.39, 0.29) is 24.7 Å². The van der Waals surface area contributed by atoms with Gasteiger partial charge >= 0.3 is 0 Å². The Morgan fingerprint density at radius 3 is 2.05 bits per heavy atom. The maximum atomic E-state index is 12.1. The highest BCUT2D eigenvalue weighted by atomic mass is 16.2. The molecule has 21 heavy (non-hydrogen) atoms. The molecule has 0 aliphatic rings. The third kappa shape index (κ3) is 4.76. The van der Waals surface area contributed by atoms with Gasteiger partial charge < -0.3 is 11.1 Å². The van der Waals surface area contributed by atoms with Crippen LogP contribution in [0.25, 0.3) is 0 Å². The van der Waals surface area contributed by atoms with Crippen LogP contribution in [-0.2, 0) is 9.59 Å². The SMILES string of the molecule is NC(=O)CC(CC(=O)Nc1ccccc1)c1ccccc1. The predicted molar refractivity (Wildman–Crippen MR) is 82.7 cm³/mol. The fourth-order valence-electron chi connectivity index (χ4n) is 2.23. The van der Waals surface area contributed by atoms with Crippen LogP contribution >= 0.6 is 0 Å². The number of nitrogens with one attached hydrogen (secondary N) is 1. The fraction of sp³-hybridized carbons (Fsp3) is 0.176. The Morgan fingerprint density at radius 1 is 0.905 bits per heavy atom. The second-order valence-corrected chi connectivity index (χ2v) is 4.90. The van der Waals surface area contributed by atoms with Gasteiger partial charge in [0.2, 0.25) is 11.8 Å². The molecule has 3 N–H and O–H groups in total. The summed E-state index contributed by atoms with van der Waals surface area (Å²) in [6.45, 7) is 0. The van der Waals surface area contributed by atoms with E-state index in [0.29, 0.717) is 0 Å². The van der Waals surface area contributed by atoms with Crippen LogP contribution in [0, 0.1) is 0 Å². The van der Waals surface area contributed by atoms with E-state index in [4.69, 9.17) is 5.73 Å². The molecule has 0 heterocycles. The molecule has 2 rings (SSSR count). The molecule has 0 spiro atoms. The van der Waals surface area contributed by atoms with Gasteiger partial charge in [-0.1, -0.05) is 48.5 Å². The molecule has 4 nitrogen and oxygen atoms in total. The van der Waals surface area contributed by atoms with Crippen molar-refractivity contribution < 1.29 is 9.59 Å². The largest absolute Gasteiger partial charge is 0.370 e. The molecule has 0 saturated heterocycles. The molecule has 0 saturated carbocycles. The third-order valence-corrected chi connectivity index (χ3v) is 3.21. The highest BCUT2D eigenvalue weighted by Crippen LogP contribution is 2.23. The van der Waals surface area contributed by atoms with Crippen molar-refractivity contribution in [3.8, 4) is 0 Å². The Kier molecular flexibility index (Phi) is 5.10. The second kappa shape index (κ2) is 7.24. The van der Waals surface area contributed by atoms with Crippen LogP contribution < -0.4 is 11.1 Å². The molecule has 0 aliphatic carbocycles. The van der Waals surface area contributed by atoms with Crippen LogP contribution in [0.5, 0.6) is 0 Å². The lowest BCUT2D eigenvalue weighted by Gasteiger charge is -2.15. The Balaban J connectivity index is 2.05. The van der Waals surface area contributed by atoms with Crippen LogP contribution in [0.2, 0.25) is 0 Å². The van der Waals surface area contributed by atoms with Gasteiger partial charge in [-0.2, -0.15) is 0 Å². The average molecular weight is 282 g/mol. The van der Waals surface area contributed by atoms with Crippen LogP contribution in [-0.4, -0.2) is 11.8 Å². The molecule has 108 valence electrons. The van der Waals surface area contributed by atoms with Crippen molar-refractivity contribution in [1.29, 1.82) is 0 Å². The molecule has 0 aromatic heterocycles. The molecule has 1 unspecified atom stereocenters. The van der Waals surface area contributed by atoms with Gasteiger partial charge in [0, 0.05) is 24.4 Å². The van der Waals surface area contributed by atoms with Gasteiger partial charge in [-0.15, -0.1) is 0 Å². The number of carbonyl (C=O) groups excluding carboxylic acids is 2. The first-order valence-electron chi connectivity index (χ1n) is 6.83. The zero-order valence-corrected chi connectivity index (χ0v) is 11.7. The number of nitrogens with two attached hydrogens (primary N) is 1. The number of para-hydroxylation sites is 1. The predicted octanol–water partition coefficient (Wildman–Crippen LogP) is 2.67. The zero-order chi connectivity index (χ0) is 15.1. The summed E-state index contributed by atoms with van der Waals surface area (Å²) in [5, 5.41) is 2.82. The van der Waals surface area contributed by atoms with Gasteiger partial charge in [0.1, 0.15) is 0 Å². The van der Waals surface area contributed by atoms with Crippen molar-refractivity contribution in [2.45, 2.75) is 18.8 Å². The average Bonchev–Trinajstić information content (AvgIpc) is 2.48. The summed E-state index contributed by atoms with van der Waals surface area (Å²) in [5.74, 6) is -0.736. The highest BCUT2D eigenvalue weighted by Gasteiger charge is 2.18. The molecule has 0 radical (unpaired) electrons. The van der Waals surface area contributed by atoms with E-state index >= 15 is 0 Å². The summed E-state index contributed by atoms with van der Waals surface area (Å²) >= 11 is 0. The monoisotopic (exact) mass is 282 g/mol. The minimum atomic E-state index is -0.406. The van der Waals surface area contributed by atoms with Gasteiger partial charge in [-0.3, -0.25) is 9.59 Å². The first-order valence-corrected chi connectivity index (χ1v) is 6.83. The zero-order valence-electron chi connectivity index (χ0n) is 11.7. The van der Waals surface area contributed by atoms with Gasteiger partial charge in [0.05, 0.1) is 0 Å². The molecule has 0 aliphatic heterocycles. The molecule has 2 aromatic carbocycles. The van der Waals surface area contributed by atoms with Crippen LogP contribution in [0.3, 0.4) is 0 Å². The molecule has 0 bridgehead atoms. The summed E-state index contributed by atoms with van der Waals surface area (Å²) in [4.78, 5) is 23.3. The lowest BCUT2D eigenvalue weighted by molar-refractivity contribution is -0.119. The van der Waals surface area contributed by atoms with Crippen LogP contribution in [0.4, 0.5) is 5.69 Å². The summed E-state index contributed by atoms with van der Waals surface area (Å²) in [6.07, 6.45) is 0.383. The number of hydrogen-bond donors (Lipinski definition) is 2. The summed E-state index contributed by atoms with van der Waals surface area (Å²) in [7, 11) is 0. The molecule has 1 atom stereocenters. The molecule has 0 fully saturated rings. The van der Waals surface area contributed by atoms with Crippen molar-refractivity contribution in [3.63, 3.8) is 0 Å². The number of rotatable bonds is 6. The number of benzene rings is 2. The van der Waals surface area contributed by atoms with E-state index in [1.54, 1.807) is 0 Å². The van der Waals surface area contributed by atoms with Gasteiger partial charge in [0.15, 0.2) is 0 Å².